The molecule has 1 saturated heterocycles. The fraction of sp³-hybridized carbons (Fsp3) is 0.417. The minimum absolute atomic E-state index is 0. The zero-order valence-corrected chi connectivity index (χ0v) is 21.3. The number of ether oxygens (including phenoxy) is 2. The summed E-state index contributed by atoms with van der Waals surface area (Å²) < 4.78 is 10.7. The third-order valence-electron chi connectivity index (χ3n) is 5.21. The predicted octanol–water partition coefficient (Wildman–Crippen LogP) is 3.70. The molecule has 0 aliphatic carbocycles. The van der Waals surface area contributed by atoms with Crippen LogP contribution in [0.25, 0.3) is 0 Å². The van der Waals surface area contributed by atoms with Gasteiger partial charge in [0.25, 0.3) is 0 Å². The highest BCUT2D eigenvalue weighted by Crippen LogP contribution is 2.27. The lowest BCUT2D eigenvalue weighted by Gasteiger charge is -2.16. The quantitative estimate of drug-likeness (QED) is 0.282. The van der Waals surface area contributed by atoms with Gasteiger partial charge in [0.15, 0.2) is 17.5 Å². The Morgan fingerprint density at radius 1 is 1.03 bits per heavy atom. The third-order valence-corrected chi connectivity index (χ3v) is 5.21. The second kappa shape index (κ2) is 13.1. The van der Waals surface area contributed by atoms with Crippen LogP contribution in [0.2, 0.25) is 0 Å². The average Bonchev–Trinajstić information content (AvgIpc) is 3.19. The maximum Gasteiger partial charge on any atom is 0.222 e. The Morgan fingerprint density at radius 2 is 1.81 bits per heavy atom. The first-order valence-corrected chi connectivity index (χ1v) is 10.7. The van der Waals surface area contributed by atoms with Crippen LogP contribution in [0.15, 0.2) is 47.5 Å². The molecule has 174 valence electrons. The zero-order chi connectivity index (χ0) is 22.1. The highest BCUT2D eigenvalue weighted by molar-refractivity contribution is 14.0. The van der Waals surface area contributed by atoms with E-state index >= 15 is 0 Å². The van der Waals surface area contributed by atoms with E-state index in [9.17, 15) is 4.79 Å². The molecule has 0 radical (unpaired) electrons. The highest BCUT2D eigenvalue weighted by Gasteiger charge is 2.19. The molecule has 1 heterocycles. The van der Waals surface area contributed by atoms with Crippen molar-refractivity contribution in [3.8, 4) is 11.5 Å². The van der Waals surface area contributed by atoms with Gasteiger partial charge in [-0.15, -0.1) is 24.0 Å². The van der Waals surface area contributed by atoms with Gasteiger partial charge in [-0.25, -0.2) is 4.99 Å². The number of likely N-dealkylation sites (tertiary alicyclic amines) is 1. The smallest absolute Gasteiger partial charge is 0.222 e. The van der Waals surface area contributed by atoms with E-state index in [0.29, 0.717) is 37.6 Å². The molecular formula is C24H33IN4O3. The number of carbonyl (C=O) groups is 1. The molecule has 2 aromatic carbocycles. The standard InChI is InChI=1S/C24H32N4O3.HI/c1-4-25-24(27-16-19-10-11-21(30-2)22(14-19)31-3)26-15-18-7-5-8-20(13-18)17-28-12-6-9-23(28)29;/h5,7-8,10-11,13-14H,4,6,9,12,15-17H2,1-3H3,(H2,25,26,27);1H. The van der Waals surface area contributed by atoms with E-state index in [1.54, 1.807) is 14.2 Å². The summed E-state index contributed by atoms with van der Waals surface area (Å²) in [6, 6.07) is 14.2. The summed E-state index contributed by atoms with van der Waals surface area (Å²) in [5.74, 6) is 2.41. The number of carbonyl (C=O) groups excluding carboxylic acids is 1. The van der Waals surface area contributed by atoms with Crippen LogP contribution in [-0.2, 0) is 24.4 Å². The van der Waals surface area contributed by atoms with Gasteiger partial charge in [0.1, 0.15) is 0 Å². The minimum Gasteiger partial charge on any atom is -0.493 e. The first-order valence-electron chi connectivity index (χ1n) is 10.7. The molecule has 0 aromatic heterocycles. The van der Waals surface area contributed by atoms with Crippen molar-refractivity contribution in [2.45, 2.75) is 39.4 Å². The molecule has 0 bridgehead atoms. The Kier molecular flexibility index (Phi) is 10.6. The molecule has 2 N–H and O–H groups in total. The Hall–Kier alpha value is -2.49. The van der Waals surface area contributed by atoms with E-state index in [-0.39, 0.29) is 29.9 Å². The van der Waals surface area contributed by atoms with Crippen LogP contribution in [-0.4, -0.2) is 44.1 Å². The first-order chi connectivity index (χ1) is 15.1. The van der Waals surface area contributed by atoms with Crippen molar-refractivity contribution in [3.05, 3.63) is 59.2 Å². The normalized spacial score (nSPS) is 13.5. The number of methoxy groups -OCH3 is 2. The van der Waals surface area contributed by atoms with Gasteiger partial charge < -0.3 is 25.0 Å². The van der Waals surface area contributed by atoms with Crippen molar-refractivity contribution in [2.75, 3.05) is 27.3 Å². The number of aliphatic imine (C=N–C) groups is 1. The van der Waals surface area contributed by atoms with Gasteiger partial charge in [-0.1, -0.05) is 30.3 Å². The van der Waals surface area contributed by atoms with Gasteiger partial charge in [-0.2, -0.15) is 0 Å². The van der Waals surface area contributed by atoms with Crippen LogP contribution >= 0.6 is 24.0 Å². The Labute approximate surface area is 207 Å². The fourth-order valence-electron chi connectivity index (χ4n) is 3.61. The molecule has 32 heavy (non-hydrogen) atoms. The summed E-state index contributed by atoms with van der Waals surface area (Å²) in [6.07, 6.45) is 1.63. The number of halogens is 1. The van der Waals surface area contributed by atoms with Crippen molar-refractivity contribution in [1.82, 2.24) is 15.5 Å². The molecule has 1 aliphatic heterocycles. The number of nitrogens with zero attached hydrogens (tertiary/aromatic N) is 2. The highest BCUT2D eigenvalue weighted by atomic mass is 127. The molecule has 0 unspecified atom stereocenters. The number of benzene rings is 2. The number of hydrogen-bond donors (Lipinski definition) is 2. The lowest BCUT2D eigenvalue weighted by Crippen LogP contribution is -2.36. The van der Waals surface area contributed by atoms with E-state index < -0.39 is 0 Å². The van der Waals surface area contributed by atoms with E-state index in [0.717, 1.165) is 42.2 Å². The minimum atomic E-state index is 0. The molecule has 7 nitrogen and oxygen atoms in total. The maximum absolute atomic E-state index is 11.9. The number of amides is 1. The summed E-state index contributed by atoms with van der Waals surface area (Å²) in [7, 11) is 3.26. The Bertz CT molecular complexity index is 920. The summed E-state index contributed by atoms with van der Waals surface area (Å²) in [5, 5.41) is 6.65. The van der Waals surface area contributed by atoms with E-state index in [2.05, 4.69) is 28.8 Å². The van der Waals surface area contributed by atoms with Crippen molar-refractivity contribution < 1.29 is 14.3 Å². The second-order valence-electron chi connectivity index (χ2n) is 7.48. The summed E-state index contributed by atoms with van der Waals surface area (Å²) in [4.78, 5) is 18.5. The van der Waals surface area contributed by atoms with Gasteiger partial charge >= 0.3 is 0 Å². The van der Waals surface area contributed by atoms with Crippen molar-refractivity contribution >= 4 is 35.8 Å². The number of rotatable bonds is 9. The zero-order valence-electron chi connectivity index (χ0n) is 19.0. The Balaban J connectivity index is 0.00000363. The average molecular weight is 552 g/mol. The summed E-state index contributed by atoms with van der Waals surface area (Å²) in [6.45, 7) is 5.52. The fourth-order valence-corrected chi connectivity index (χ4v) is 3.61. The third kappa shape index (κ3) is 7.29. The predicted molar refractivity (Wildman–Crippen MR) is 138 cm³/mol. The van der Waals surface area contributed by atoms with Crippen LogP contribution in [0.4, 0.5) is 0 Å². The van der Waals surface area contributed by atoms with Crippen LogP contribution < -0.4 is 20.1 Å². The first kappa shape index (κ1) is 25.8. The lowest BCUT2D eigenvalue weighted by atomic mass is 10.1. The number of guanidine groups is 1. The molecule has 1 amide bonds. The Morgan fingerprint density at radius 3 is 2.50 bits per heavy atom. The second-order valence-corrected chi connectivity index (χ2v) is 7.48. The van der Waals surface area contributed by atoms with Gasteiger partial charge in [0.2, 0.25) is 5.91 Å². The maximum atomic E-state index is 11.9. The van der Waals surface area contributed by atoms with Crippen LogP contribution in [0.1, 0.15) is 36.5 Å². The van der Waals surface area contributed by atoms with Crippen molar-refractivity contribution in [2.24, 2.45) is 4.99 Å². The van der Waals surface area contributed by atoms with E-state index in [1.165, 1.54) is 0 Å². The van der Waals surface area contributed by atoms with Gasteiger partial charge in [0, 0.05) is 32.6 Å². The summed E-state index contributed by atoms with van der Waals surface area (Å²) >= 11 is 0. The summed E-state index contributed by atoms with van der Waals surface area (Å²) in [5.41, 5.74) is 3.33. The molecule has 1 aliphatic rings. The molecule has 3 rings (SSSR count). The SMILES string of the molecule is CCNC(=NCc1cccc(CN2CCCC2=O)c1)NCc1ccc(OC)c(OC)c1.I. The van der Waals surface area contributed by atoms with Crippen LogP contribution in [0, 0.1) is 0 Å². The van der Waals surface area contributed by atoms with E-state index in [4.69, 9.17) is 14.5 Å². The van der Waals surface area contributed by atoms with Gasteiger partial charge in [0.05, 0.1) is 20.8 Å². The van der Waals surface area contributed by atoms with Gasteiger partial charge in [-0.3, -0.25) is 4.79 Å². The monoisotopic (exact) mass is 552 g/mol. The molecule has 1 fully saturated rings. The van der Waals surface area contributed by atoms with Crippen molar-refractivity contribution in [3.63, 3.8) is 0 Å². The largest absolute Gasteiger partial charge is 0.493 e. The molecular weight excluding hydrogens is 519 g/mol. The topological polar surface area (TPSA) is 75.2 Å². The van der Waals surface area contributed by atoms with Crippen molar-refractivity contribution in [1.29, 1.82) is 0 Å². The molecule has 8 heteroatoms. The lowest BCUT2D eigenvalue weighted by molar-refractivity contribution is -0.128. The molecule has 2 aromatic rings. The van der Waals surface area contributed by atoms with Crippen LogP contribution in [0.5, 0.6) is 11.5 Å². The molecule has 0 spiro atoms. The molecule has 0 atom stereocenters. The number of hydrogen-bond acceptors (Lipinski definition) is 4. The van der Waals surface area contributed by atoms with E-state index in [1.807, 2.05) is 36.1 Å². The van der Waals surface area contributed by atoms with Crippen LogP contribution in [0.3, 0.4) is 0 Å². The number of nitrogens with one attached hydrogen (secondary N) is 2. The molecule has 0 saturated carbocycles. The van der Waals surface area contributed by atoms with Gasteiger partial charge in [-0.05, 0) is 42.2 Å².